The lowest BCUT2D eigenvalue weighted by molar-refractivity contribution is 0.0938. The number of benzene rings is 1. The summed E-state index contributed by atoms with van der Waals surface area (Å²) < 4.78 is 13.4. The molecule has 1 saturated carbocycles. The predicted octanol–water partition coefficient (Wildman–Crippen LogP) is 3.60. The number of carbonyl (C=O) groups excluding carboxylic acids is 1. The highest BCUT2D eigenvalue weighted by Gasteiger charge is 2.25. The van der Waals surface area contributed by atoms with Crippen LogP contribution in [0.5, 0.6) is 0 Å². The molecule has 2 nitrogen and oxygen atoms in total. The number of hydrogen-bond donors (Lipinski definition) is 1. The van der Waals surface area contributed by atoms with Crippen molar-refractivity contribution in [3.05, 3.63) is 34.1 Å². The van der Waals surface area contributed by atoms with Gasteiger partial charge in [-0.05, 0) is 59.6 Å². The summed E-state index contributed by atoms with van der Waals surface area (Å²) in [6.45, 7) is 0. The fourth-order valence-corrected chi connectivity index (χ4v) is 3.37. The van der Waals surface area contributed by atoms with Gasteiger partial charge in [-0.1, -0.05) is 0 Å². The first-order valence-electron chi connectivity index (χ1n) is 5.89. The van der Waals surface area contributed by atoms with Gasteiger partial charge in [0.2, 0.25) is 0 Å². The fourth-order valence-electron chi connectivity index (χ4n) is 2.19. The molecule has 1 aromatic carbocycles. The van der Waals surface area contributed by atoms with Gasteiger partial charge in [0.15, 0.2) is 0 Å². The maximum Gasteiger partial charge on any atom is 0.251 e. The van der Waals surface area contributed by atoms with Crippen molar-refractivity contribution in [1.82, 2.24) is 5.32 Å². The van der Waals surface area contributed by atoms with Gasteiger partial charge in [0.25, 0.3) is 5.91 Å². The Labute approximate surface area is 119 Å². The number of halogens is 2. The zero-order valence-corrected chi connectivity index (χ0v) is 12.5. The van der Waals surface area contributed by atoms with Crippen LogP contribution in [-0.2, 0) is 0 Å². The molecule has 1 N–H and O–H groups in total. The Kier molecular flexibility index (Phi) is 4.67. The van der Waals surface area contributed by atoms with Gasteiger partial charge in [-0.25, -0.2) is 4.39 Å². The summed E-state index contributed by atoms with van der Waals surface area (Å²) >= 11 is 4.94. The number of hydrogen-bond acceptors (Lipinski definition) is 2. The van der Waals surface area contributed by atoms with Gasteiger partial charge < -0.3 is 5.32 Å². The van der Waals surface area contributed by atoms with Crippen LogP contribution in [0.15, 0.2) is 22.7 Å². The Morgan fingerprint density at radius 1 is 1.50 bits per heavy atom. The molecule has 1 fully saturated rings. The average molecular weight is 332 g/mol. The van der Waals surface area contributed by atoms with Crippen LogP contribution in [0.1, 0.15) is 29.6 Å². The number of thioether (sulfide) groups is 1. The van der Waals surface area contributed by atoms with Gasteiger partial charge in [0, 0.05) is 16.9 Å². The first-order chi connectivity index (χ1) is 8.60. The molecule has 1 aliphatic rings. The Bertz CT molecular complexity index is 455. The van der Waals surface area contributed by atoms with Crippen molar-refractivity contribution in [3.63, 3.8) is 0 Å². The zero-order chi connectivity index (χ0) is 13.1. The monoisotopic (exact) mass is 331 g/mol. The second-order valence-electron chi connectivity index (χ2n) is 4.47. The van der Waals surface area contributed by atoms with Crippen LogP contribution in [0.2, 0.25) is 0 Å². The SMILES string of the molecule is CSC1CCC(NC(=O)c2ccc(F)c(Br)c2)C1. The summed E-state index contributed by atoms with van der Waals surface area (Å²) in [6, 6.07) is 4.58. The van der Waals surface area contributed by atoms with Gasteiger partial charge in [0.1, 0.15) is 5.82 Å². The third kappa shape index (κ3) is 3.26. The highest BCUT2D eigenvalue weighted by molar-refractivity contribution is 9.10. The Morgan fingerprint density at radius 3 is 2.89 bits per heavy atom. The quantitative estimate of drug-likeness (QED) is 0.916. The highest BCUT2D eigenvalue weighted by atomic mass is 79.9. The van der Waals surface area contributed by atoms with E-state index < -0.39 is 0 Å². The molecular formula is C13H15BrFNOS. The highest BCUT2D eigenvalue weighted by Crippen LogP contribution is 2.28. The van der Waals surface area contributed by atoms with Gasteiger partial charge in [-0.15, -0.1) is 0 Å². The van der Waals surface area contributed by atoms with Gasteiger partial charge in [0.05, 0.1) is 4.47 Å². The number of carbonyl (C=O) groups is 1. The normalized spacial score (nSPS) is 23.1. The molecule has 0 heterocycles. The van der Waals surface area contributed by atoms with E-state index in [1.54, 1.807) is 0 Å². The molecule has 2 atom stereocenters. The molecule has 1 amide bonds. The van der Waals surface area contributed by atoms with Gasteiger partial charge in [-0.3, -0.25) is 4.79 Å². The van der Waals surface area contributed by atoms with Crippen molar-refractivity contribution in [2.75, 3.05) is 6.26 Å². The molecule has 0 spiro atoms. The topological polar surface area (TPSA) is 29.1 Å². The summed E-state index contributed by atoms with van der Waals surface area (Å²) in [7, 11) is 0. The van der Waals surface area contributed by atoms with Crippen LogP contribution in [0.3, 0.4) is 0 Å². The molecule has 2 rings (SSSR count). The molecule has 98 valence electrons. The molecule has 2 unspecified atom stereocenters. The Morgan fingerprint density at radius 2 is 2.28 bits per heavy atom. The third-order valence-electron chi connectivity index (χ3n) is 3.23. The van der Waals surface area contributed by atoms with Gasteiger partial charge in [-0.2, -0.15) is 11.8 Å². The van der Waals surface area contributed by atoms with E-state index in [0.717, 1.165) is 19.3 Å². The molecule has 1 aliphatic carbocycles. The van der Waals surface area contributed by atoms with Crippen molar-refractivity contribution in [2.45, 2.75) is 30.6 Å². The summed E-state index contributed by atoms with van der Waals surface area (Å²) in [5.74, 6) is -0.475. The minimum absolute atomic E-state index is 0.123. The summed E-state index contributed by atoms with van der Waals surface area (Å²) in [6.07, 6.45) is 5.31. The van der Waals surface area contributed by atoms with E-state index in [2.05, 4.69) is 27.5 Å². The Hall–Kier alpha value is -0.550. The largest absolute Gasteiger partial charge is 0.349 e. The van der Waals surface area contributed by atoms with Crippen molar-refractivity contribution >= 4 is 33.6 Å². The number of rotatable bonds is 3. The van der Waals surface area contributed by atoms with Crippen LogP contribution in [-0.4, -0.2) is 23.5 Å². The van der Waals surface area contributed by atoms with Crippen molar-refractivity contribution < 1.29 is 9.18 Å². The fraction of sp³-hybridized carbons (Fsp3) is 0.462. The minimum atomic E-state index is -0.352. The molecule has 18 heavy (non-hydrogen) atoms. The number of nitrogens with one attached hydrogen (secondary N) is 1. The minimum Gasteiger partial charge on any atom is -0.349 e. The van der Waals surface area contributed by atoms with Crippen LogP contribution in [0.25, 0.3) is 0 Å². The van der Waals surface area contributed by atoms with E-state index in [0.29, 0.717) is 15.3 Å². The second-order valence-corrected chi connectivity index (χ2v) is 6.46. The van der Waals surface area contributed by atoms with Crippen LogP contribution < -0.4 is 5.32 Å². The van der Waals surface area contributed by atoms with Crippen LogP contribution in [0, 0.1) is 5.82 Å². The molecular weight excluding hydrogens is 317 g/mol. The predicted molar refractivity (Wildman–Crippen MR) is 76.5 cm³/mol. The lowest BCUT2D eigenvalue weighted by atomic mass is 10.2. The van der Waals surface area contributed by atoms with Crippen molar-refractivity contribution in [2.24, 2.45) is 0 Å². The standard InChI is InChI=1S/C13H15BrFNOS/c1-18-10-4-3-9(7-10)16-13(17)8-2-5-12(15)11(14)6-8/h2,5-6,9-10H,3-4,7H2,1H3,(H,16,17). The van der Waals surface area contributed by atoms with E-state index in [1.807, 2.05) is 11.8 Å². The average Bonchev–Trinajstić information content (AvgIpc) is 2.80. The van der Waals surface area contributed by atoms with E-state index in [1.165, 1.54) is 18.2 Å². The Balaban J connectivity index is 1.97. The maximum absolute atomic E-state index is 13.1. The molecule has 5 heteroatoms. The lowest BCUT2D eigenvalue weighted by Crippen LogP contribution is -2.33. The van der Waals surface area contributed by atoms with E-state index in [-0.39, 0.29) is 17.8 Å². The second kappa shape index (κ2) is 6.06. The molecule has 0 radical (unpaired) electrons. The maximum atomic E-state index is 13.1. The zero-order valence-electron chi connectivity index (χ0n) is 10.1. The first kappa shape index (κ1) is 13.9. The van der Waals surface area contributed by atoms with Crippen LogP contribution >= 0.6 is 27.7 Å². The first-order valence-corrected chi connectivity index (χ1v) is 7.97. The molecule has 1 aromatic rings. The number of amides is 1. The van der Waals surface area contributed by atoms with Crippen molar-refractivity contribution in [3.8, 4) is 0 Å². The summed E-state index contributed by atoms with van der Waals surface area (Å²) in [4.78, 5) is 12.0. The van der Waals surface area contributed by atoms with Crippen molar-refractivity contribution in [1.29, 1.82) is 0 Å². The molecule has 0 aromatic heterocycles. The summed E-state index contributed by atoms with van der Waals surface area (Å²) in [5.41, 5.74) is 0.496. The summed E-state index contributed by atoms with van der Waals surface area (Å²) in [5, 5.41) is 3.66. The molecule has 0 bridgehead atoms. The van der Waals surface area contributed by atoms with E-state index >= 15 is 0 Å². The molecule has 0 saturated heterocycles. The third-order valence-corrected chi connectivity index (χ3v) is 4.94. The molecule has 0 aliphatic heterocycles. The van der Waals surface area contributed by atoms with Crippen LogP contribution in [0.4, 0.5) is 4.39 Å². The lowest BCUT2D eigenvalue weighted by Gasteiger charge is -2.13. The van der Waals surface area contributed by atoms with E-state index in [4.69, 9.17) is 0 Å². The van der Waals surface area contributed by atoms with Gasteiger partial charge >= 0.3 is 0 Å². The van der Waals surface area contributed by atoms with E-state index in [9.17, 15) is 9.18 Å². The smallest absolute Gasteiger partial charge is 0.251 e.